The number of nitrogens with one attached hydrogen (secondary N) is 4. The Morgan fingerprint density at radius 1 is 0.810 bits per heavy atom. The third kappa shape index (κ3) is 6.30. The molecule has 2 unspecified atom stereocenters. The molecular formula is C32H36Br2F2N4O2. The second-order valence-electron chi connectivity index (χ2n) is 12.0. The number of aromatic amines is 2. The van der Waals surface area contributed by atoms with Crippen LogP contribution in [0.25, 0.3) is 21.8 Å². The van der Waals surface area contributed by atoms with E-state index in [0.717, 1.165) is 65.5 Å². The van der Waals surface area contributed by atoms with Gasteiger partial charge in [-0.1, -0.05) is 27.7 Å². The number of amides is 2. The molecule has 2 aromatic carbocycles. The van der Waals surface area contributed by atoms with Crippen molar-refractivity contribution in [2.75, 3.05) is 0 Å². The summed E-state index contributed by atoms with van der Waals surface area (Å²) >= 11 is 6.49. The van der Waals surface area contributed by atoms with E-state index in [1.807, 2.05) is 39.8 Å². The predicted octanol–water partition coefficient (Wildman–Crippen LogP) is 7.40. The fraction of sp³-hybridized carbons (Fsp3) is 0.438. The van der Waals surface area contributed by atoms with Gasteiger partial charge in [-0.3, -0.25) is 9.59 Å². The molecule has 4 N–H and O–H groups in total. The van der Waals surface area contributed by atoms with Crippen LogP contribution in [0.5, 0.6) is 0 Å². The second kappa shape index (κ2) is 12.5. The van der Waals surface area contributed by atoms with E-state index >= 15 is 0 Å². The number of hydrogen-bond acceptors (Lipinski definition) is 2. The maximum Gasteiger partial charge on any atom is 0.222 e. The number of H-pyrrole nitrogens is 2. The van der Waals surface area contributed by atoms with Crippen LogP contribution in [0.3, 0.4) is 0 Å². The van der Waals surface area contributed by atoms with Crippen LogP contribution in [0.1, 0.15) is 63.1 Å². The molecule has 0 spiro atoms. The molecule has 2 aliphatic carbocycles. The zero-order valence-electron chi connectivity index (χ0n) is 24.2. The van der Waals surface area contributed by atoms with E-state index < -0.39 is 0 Å². The molecule has 0 saturated carbocycles. The largest absolute Gasteiger partial charge is 0.358 e. The minimum Gasteiger partial charge on any atom is -0.358 e. The van der Waals surface area contributed by atoms with E-state index in [1.54, 1.807) is 6.07 Å². The fourth-order valence-corrected chi connectivity index (χ4v) is 6.51. The standard InChI is InChI=1S/2C16H18BrFN2O/c1-8(2)16(21)19-9-3-5-12-10(7-9)14-13(20-12)6-4-11(17)15(14)18;1-8(2)16(21)19-9-3-4-14-10(5-9)11-6-12(17)13(18)7-15(11)20-14/h4,6,8-9,20H,3,5,7H2,1-2H3,(H,19,21);6-9,20H,3-5H2,1-2H3,(H,19,21). The highest BCUT2D eigenvalue weighted by atomic mass is 79.9. The number of rotatable bonds is 4. The van der Waals surface area contributed by atoms with Crippen molar-refractivity contribution in [3.63, 3.8) is 0 Å². The number of benzene rings is 2. The summed E-state index contributed by atoms with van der Waals surface area (Å²) in [6, 6.07) is 7.21. The summed E-state index contributed by atoms with van der Waals surface area (Å²) in [5.74, 6) is -0.357. The molecule has 0 radical (unpaired) electrons. The molecule has 6 rings (SSSR count). The van der Waals surface area contributed by atoms with Crippen molar-refractivity contribution in [3.8, 4) is 0 Å². The number of carbonyl (C=O) groups is 2. The molecule has 2 aliphatic rings. The first-order chi connectivity index (χ1) is 19.9. The van der Waals surface area contributed by atoms with Gasteiger partial charge < -0.3 is 20.6 Å². The van der Waals surface area contributed by atoms with Gasteiger partial charge in [-0.25, -0.2) is 8.78 Å². The summed E-state index contributed by atoms with van der Waals surface area (Å²) in [6.07, 6.45) is 5.01. The van der Waals surface area contributed by atoms with E-state index in [1.165, 1.54) is 11.6 Å². The molecule has 42 heavy (non-hydrogen) atoms. The van der Waals surface area contributed by atoms with Gasteiger partial charge >= 0.3 is 0 Å². The first-order valence-electron chi connectivity index (χ1n) is 14.5. The molecule has 0 aliphatic heterocycles. The average molecular weight is 706 g/mol. The molecule has 2 aromatic heterocycles. The van der Waals surface area contributed by atoms with E-state index in [-0.39, 0.29) is 47.4 Å². The third-order valence-corrected chi connectivity index (χ3v) is 9.43. The number of halogens is 4. The van der Waals surface area contributed by atoms with Crippen molar-refractivity contribution >= 4 is 65.5 Å². The predicted molar refractivity (Wildman–Crippen MR) is 170 cm³/mol. The number of aryl methyl sites for hydroxylation is 2. The number of hydrogen-bond donors (Lipinski definition) is 4. The Kier molecular flexibility index (Phi) is 9.13. The van der Waals surface area contributed by atoms with Crippen molar-refractivity contribution in [1.29, 1.82) is 0 Å². The van der Waals surface area contributed by atoms with Gasteiger partial charge in [-0.05, 0) is 106 Å². The van der Waals surface area contributed by atoms with Gasteiger partial charge in [0.15, 0.2) is 0 Å². The Hall–Kier alpha value is -2.72. The Balaban J connectivity index is 0.000000168. The molecule has 10 heteroatoms. The zero-order valence-corrected chi connectivity index (χ0v) is 27.4. The van der Waals surface area contributed by atoms with Gasteiger partial charge in [0.2, 0.25) is 11.8 Å². The lowest BCUT2D eigenvalue weighted by Crippen LogP contribution is -2.40. The highest BCUT2D eigenvalue weighted by Gasteiger charge is 2.27. The lowest BCUT2D eigenvalue weighted by molar-refractivity contribution is -0.125. The van der Waals surface area contributed by atoms with E-state index in [9.17, 15) is 18.4 Å². The summed E-state index contributed by atoms with van der Waals surface area (Å²) in [5, 5.41) is 7.86. The van der Waals surface area contributed by atoms with Gasteiger partial charge in [-0.15, -0.1) is 0 Å². The SMILES string of the molecule is CC(C)C(=O)NC1CCc2[nH]c3cc(F)c(Br)cc3c2C1.CC(C)C(=O)NC1CCc2[nH]c3ccc(Br)c(F)c3c2C1. The lowest BCUT2D eigenvalue weighted by Gasteiger charge is -2.24. The summed E-state index contributed by atoms with van der Waals surface area (Å²) < 4.78 is 29.0. The Bertz CT molecular complexity index is 1660. The summed E-state index contributed by atoms with van der Waals surface area (Å²) in [4.78, 5) is 30.3. The first-order valence-corrected chi connectivity index (χ1v) is 16.1. The van der Waals surface area contributed by atoms with Crippen LogP contribution in [0.2, 0.25) is 0 Å². The van der Waals surface area contributed by atoms with Crippen LogP contribution in [0.15, 0.2) is 33.2 Å². The van der Waals surface area contributed by atoms with Crippen LogP contribution in [0, 0.1) is 23.5 Å². The van der Waals surface area contributed by atoms with Crippen molar-refractivity contribution in [1.82, 2.24) is 20.6 Å². The number of fused-ring (bicyclic) bond motifs is 6. The quantitative estimate of drug-likeness (QED) is 0.178. The number of carbonyl (C=O) groups excluding carboxylic acids is 2. The summed E-state index contributed by atoms with van der Waals surface area (Å²) in [6.45, 7) is 7.56. The van der Waals surface area contributed by atoms with Gasteiger partial charge in [0.05, 0.1) is 8.95 Å². The molecule has 4 aromatic rings. The molecule has 224 valence electrons. The maximum absolute atomic E-state index is 14.4. The van der Waals surface area contributed by atoms with E-state index in [0.29, 0.717) is 20.8 Å². The molecule has 0 bridgehead atoms. The third-order valence-electron chi connectivity index (χ3n) is 8.21. The zero-order chi connectivity index (χ0) is 30.3. The molecule has 6 nitrogen and oxygen atoms in total. The first kappa shape index (κ1) is 30.7. The van der Waals surface area contributed by atoms with Gasteiger partial charge in [0.25, 0.3) is 0 Å². The van der Waals surface area contributed by atoms with Crippen molar-refractivity contribution < 1.29 is 18.4 Å². The van der Waals surface area contributed by atoms with E-state index in [2.05, 4.69) is 52.5 Å². The maximum atomic E-state index is 14.4. The Morgan fingerprint density at radius 3 is 1.95 bits per heavy atom. The van der Waals surface area contributed by atoms with Crippen LogP contribution < -0.4 is 10.6 Å². The summed E-state index contributed by atoms with van der Waals surface area (Å²) in [7, 11) is 0. The highest BCUT2D eigenvalue weighted by molar-refractivity contribution is 9.10. The summed E-state index contributed by atoms with van der Waals surface area (Å²) in [5.41, 5.74) is 6.12. The average Bonchev–Trinajstić information content (AvgIpc) is 3.48. The van der Waals surface area contributed by atoms with Crippen molar-refractivity contribution in [2.45, 2.75) is 78.3 Å². The van der Waals surface area contributed by atoms with Crippen molar-refractivity contribution in [3.05, 3.63) is 67.4 Å². The van der Waals surface area contributed by atoms with E-state index in [4.69, 9.17) is 0 Å². The lowest BCUT2D eigenvalue weighted by atomic mass is 9.91. The van der Waals surface area contributed by atoms with Crippen LogP contribution in [0.4, 0.5) is 8.78 Å². The normalized spacial score (nSPS) is 18.0. The van der Waals surface area contributed by atoms with Gasteiger partial charge in [0.1, 0.15) is 11.6 Å². The monoisotopic (exact) mass is 704 g/mol. The topological polar surface area (TPSA) is 89.8 Å². The minimum absolute atomic E-state index is 0.00222. The second-order valence-corrected chi connectivity index (χ2v) is 13.7. The molecule has 2 amide bonds. The minimum atomic E-state index is -0.259. The molecular weight excluding hydrogens is 670 g/mol. The van der Waals surface area contributed by atoms with Crippen LogP contribution >= 0.6 is 31.9 Å². The molecule has 2 atom stereocenters. The molecule has 2 heterocycles. The van der Waals surface area contributed by atoms with Gasteiger partial charge in [0, 0.05) is 57.1 Å². The smallest absolute Gasteiger partial charge is 0.222 e. The van der Waals surface area contributed by atoms with Crippen LogP contribution in [-0.4, -0.2) is 33.9 Å². The highest BCUT2D eigenvalue weighted by Crippen LogP contribution is 2.34. The molecule has 0 fully saturated rings. The van der Waals surface area contributed by atoms with Crippen molar-refractivity contribution in [2.24, 2.45) is 11.8 Å². The molecule has 0 saturated heterocycles. The Labute approximate surface area is 261 Å². The Morgan fingerprint density at radius 2 is 1.36 bits per heavy atom. The van der Waals surface area contributed by atoms with Crippen LogP contribution in [-0.2, 0) is 35.3 Å². The fourth-order valence-electron chi connectivity index (χ4n) is 5.84. The number of aromatic nitrogens is 2. The van der Waals surface area contributed by atoms with Gasteiger partial charge in [-0.2, -0.15) is 0 Å².